The van der Waals surface area contributed by atoms with Crippen LogP contribution in [0.4, 0.5) is 0 Å². The monoisotopic (exact) mass is 219 g/mol. The molecule has 0 fully saturated rings. The average molecular weight is 220 g/mol. The van der Waals surface area contributed by atoms with Crippen LogP contribution in [0.3, 0.4) is 0 Å². The number of carbonyl (C=O) groups is 1. The standard InChI is InChI=1S/C8H9NO4.ClH/c1-2-4-3-9-7(11)5(6(4)10)8(12)13;/h3H,2H2,1H3,(H,12,13)(H2,9,10,11);1H. The second kappa shape index (κ2) is 4.66. The number of carboxylic acid groups (broad SMARTS) is 1. The Balaban J connectivity index is 0.00000169. The molecule has 0 radical (unpaired) electrons. The number of H-pyrrole nitrogens is 1. The summed E-state index contributed by atoms with van der Waals surface area (Å²) in [6.45, 7) is 1.75. The number of nitrogens with one attached hydrogen (secondary N) is 1. The van der Waals surface area contributed by atoms with Crippen LogP contribution in [0.2, 0.25) is 0 Å². The number of pyridine rings is 1. The zero-order chi connectivity index (χ0) is 10.0. The molecule has 0 spiro atoms. The quantitative estimate of drug-likeness (QED) is 0.685. The van der Waals surface area contributed by atoms with Crippen LogP contribution in [0, 0.1) is 0 Å². The lowest BCUT2D eigenvalue weighted by Crippen LogP contribution is -2.18. The number of aromatic nitrogens is 1. The Morgan fingerprint density at radius 3 is 2.57 bits per heavy atom. The molecule has 1 rings (SSSR count). The number of carboxylic acids is 1. The Morgan fingerprint density at radius 1 is 1.57 bits per heavy atom. The van der Waals surface area contributed by atoms with E-state index in [2.05, 4.69) is 4.98 Å². The van der Waals surface area contributed by atoms with Gasteiger partial charge in [-0.3, -0.25) is 4.79 Å². The second-order valence-corrected chi connectivity index (χ2v) is 2.53. The van der Waals surface area contributed by atoms with Gasteiger partial charge in [0.2, 0.25) is 0 Å². The first-order valence-corrected chi connectivity index (χ1v) is 3.74. The maximum absolute atomic E-state index is 11.0. The van der Waals surface area contributed by atoms with Crippen LogP contribution in [-0.4, -0.2) is 21.2 Å². The maximum atomic E-state index is 11.0. The lowest BCUT2D eigenvalue weighted by Gasteiger charge is -2.02. The molecule has 5 nitrogen and oxygen atoms in total. The van der Waals surface area contributed by atoms with Gasteiger partial charge in [-0.1, -0.05) is 6.92 Å². The van der Waals surface area contributed by atoms with E-state index in [0.29, 0.717) is 12.0 Å². The van der Waals surface area contributed by atoms with Crippen molar-refractivity contribution in [3.8, 4) is 5.75 Å². The molecule has 0 aliphatic rings. The fourth-order valence-corrected chi connectivity index (χ4v) is 1.03. The number of rotatable bonds is 2. The van der Waals surface area contributed by atoms with E-state index in [1.165, 1.54) is 6.20 Å². The van der Waals surface area contributed by atoms with Crippen molar-refractivity contribution >= 4 is 18.4 Å². The van der Waals surface area contributed by atoms with Crippen molar-refractivity contribution in [1.29, 1.82) is 0 Å². The summed E-state index contributed by atoms with van der Waals surface area (Å²) in [5.41, 5.74) is -0.974. The predicted octanol–water partition coefficient (Wildman–Crippen LogP) is 0.763. The first kappa shape index (κ1) is 12.5. The molecule has 0 unspecified atom stereocenters. The smallest absolute Gasteiger partial charge is 0.345 e. The third-order valence-corrected chi connectivity index (χ3v) is 1.74. The Labute approximate surface area is 85.8 Å². The van der Waals surface area contributed by atoms with Crippen LogP contribution in [0.25, 0.3) is 0 Å². The highest BCUT2D eigenvalue weighted by Crippen LogP contribution is 2.18. The van der Waals surface area contributed by atoms with Gasteiger partial charge in [-0.2, -0.15) is 0 Å². The lowest BCUT2D eigenvalue weighted by molar-refractivity contribution is 0.0691. The summed E-state index contributed by atoms with van der Waals surface area (Å²) < 4.78 is 0. The van der Waals surface area contributed by atoms with Gasteiger partial charge in [-0.25, -0.2) is 4.79 Å². The molecule has 0 aromatic carbocycles. The third-order valence-electron chi connectivity index (χ3n) is 1.74. The number of aryl methyl sites for hydroxylation is 1. The minimum atomic E-state index is -1.42. The molecule has 0 bridgehead atoms. The van der Waals surface area contributed by atoms with Gasteiger partial charge in [0, 0.05) is 11.8 Å². The summed E-state index contributed by atoms with van der Waals surface area (Å²) >= 11 is 0. The van der Waals surface area contributed by atoms with Crippen LogP contribution < -0.4 is 5.56 Å². The first-order valence-electron chi connectivity index (χ1n) is 3.74. The van der Waals surface area contributed by atoms with Crippen molar-refractivity contribution in [3.05, 3.63) is 27.7 Å². The zero-order valence-electron chi connectivity index (χ0n) is 7.40. The summed E-state index contributed by atoms with van der Waals surface area (Å²) in [6, 6.07) is 0. The fourth-order valence-electron chi connectivity index (χ4n) is 1.03. The molecule has 78 valence electrons. The number of aromatic hydroxyl groups is 1. The van der Waals surface area contributed by atoms with Gasteiger partial charge in [0.1, 0.15) is 5.75 Å². The fraction of sp³-hybridized carbons (Fsp3) is 0.250. The summed E-state index contributed by atoms with van der Waals surface area (Å²) in [5.74, 6) is -1.87. The molecule has 1 aromatic heterocycles. The van der Waals surface area contributed by atoms with Gasteiger partial charge in [0.25, 0.3) is 5.56 Å². The number of hydrogen-bond donors (Lipinski definition) is 3. The number of aromatic carboxylic acids is 1. The molecule has 1 aromatic rings. The molecule has 0 saturated carbocycles. The summed E-state index contributed by atoms with van der Waals surface area (Å²) in [5, 5.41) is 17.9. The highest BCUT2D eigenvalue weighted by molar-refractivity contribution is 5.90. The van der Waals surface area contributed by atoms with E-state index in [0.717, 1.165) is 0 Å². The van der Waals surface area contributed by atoms with Crippen molar-refractivity contribution in [3.63, 3.8) is 0 Å². The van der Waals surface area contributed by atoms with Crippen molar-refractivity contribution < 1.29 is 15.0 Å². The van der Waals surface area contributed by atoms with E-state index in [-0.39, 0.29) is 12.4 Å². The second-order valence-electron chi connectivity index (χ2n) is 2.53. The Kier molecular flexibility index (Phi) is 4.17. The highest BCUT2D eigenvalue weighted by atomic mass is 35.5. The van der Waals surface area contributed by atoms with Gasteiger partial charge in [-0.15, -0.1) is 12.4 Å². The van der Waals surface area contributed by atoms with Crippen molar-refractivity contribution in [2.75, 3.05) is 0 Å². The van der Waals surface area contributed by atoms with E-state index in [9.17, 15) is 14.7 Å². The SMILES string of the molecule is CCc1c[nH]c(=O)c(C(=O)O)c1O.Cl. The summed E-state index contributed by atoms with van der Waals surface area (Å²) in [6.07, 6.45) is 1.77. The van der Waals surface area contributed by atoms with Crippen molar-refractivity contribution in [1.82, 2.24) is 4.98 Å². The van der Waals surface area contributed by atoms with Crippen LogP contribution in [-0.2, 0) is 6.42 Å². The molecular formula is C8H10ClNO4. The minimum Gasteiger partial charge on any atom is -0.506 e. The van der Waals surface area contributed by atoms with E-state index in [1.807, 2.05) is 0 Å². The van der Waals surface area contributed by atoms with Crippen molar-refractivity contribution in [2.24, 2.45) is 0 Å². The van der Waals surface area contributed by atoms with E-state index in [1.54, 1.807) is 6.92 Å². The molecule has 1 heterocycles. The third kappa shape index (κ3) is 2.05. The predicted molar refractivity (Wildman–Crippen MR) is 52.3 cm³/mol. The Morgan fingerprint density at radius 2 is 2.14 bits per heavy atom. The van der Waals surface area contributed by atoms with Gasteiger partial charge in [0.05, 0.1) is 0 Å². The zero-order valence-corrected chi connectivity index (χ0v) is 8.22. The molecular weight excluding hydrogens is 210 g/mol. The van der Waals surface area contributed by atoms with E-state index in [4.69, 9.17) is 5.11 Å². The van der Waals surface area contributed by atoms with Crippen LogP contribution in [0.5, 0.6) is 5.75 Å². The minimum absolute atomic E-state index is 0. The largest absolute Gasteiger partial charge is 0.506 e. The average Bonchev–Trinajstić information content (AvgIpc) is 2.04. The van der Waals surface area contributed by atoms with E-state index >= 15 is 0 Å². The lowest BCUT2D eigenvalue weighted by atomic mass is 10.1. The van der Waals surface area contributed by atoms with Crippen LogP contribution >= 0.6 is 12.4 Å². The van der Waals surface area contributed by atoms with Gasteiger partial charge in [0.15, 0.2) is 5.56 Å². The van der Waals surface area contributed by atoms with E-state index < -0.39 is 22.8 Å². The Bertz CT molecular complexity index is 399. The van der Waals surface area contributed by atoms with Gasteiger partial charge in [-0.05, 0) is 6.42 Å². The maximum Gasteiger partial charge on any atom is 0.345 e. The first-order chi connectivity index (χ1) is 6.07. The number of aromatic amines is 1. The number of halogens is 1. The molecule has 6 heteroatoms. The van der Waals surface area contributed by atoms with Gasteiger partial charge >= 0.3 is 5.97 Å². The highest BCUT2D eigenvalue weighted by Gasteiger charge is 2.16. The molecule has 0 aliphatic heterocycles. The summed E-state index contributed by atoms with van der Waals surface area (Å²) in [4.78, 5) is 23.7. The normalized spacial score (nSPS) is 9.21. The number of hydrogen-bond acceptors (Lipinski definition) is 3. The molecule has 0 atom stereocenters. The molecule has 14 heavy (non-hydrogen) atoms. The topological polar surface area (TPSA) is 90.4 Å². The van der Waals surface area contributed by atoms with Crippen molar-refractivity contribution in [2.45, 2.75) is 13.3 Å². The molecule has 0 aliphatic carbocycles. The van der Waals surface area contributed by atoms with Gasteiger partial charge < -0.3 is 15.2 Å². The van der Waals surface area contributed by atoms with Crippen LogP contribution in [0.15, 0.2) is 11.0 Å². The van der Waals surface area contributed by atoms with Crippen LogP contribution in [0.1, 0.15) is 22.8 Å². The summed E-state index contributed by atoms with van der Waals surface area (Å²) in [7, 11) is 0. The molecule has 0 saturated heterocycles. The Hall–Kier alpha value is -1.49. The molecule has 0 amide bonds. The molecule has 3 N–H and O–H groups in total.